The first-order valence-electron chi connectivity index (χ1n) is 13.6. The topological polar surface area (TPSA) is 81.5 Å². The highest BCUT2D eigenvalue weighted by Crippen LogP contribution is 2.41. The summed E-state index contributed by atoms with van der Waals surface area (Å²) >= 11 is 3.46. The molecule has 1 atom stereocenters. The fraction of sp³-hybridized carbons (Fsp3) is 0.467. The van der Waals surface area contributed by atoms with Crippen LogP contribution in [0.15, 0.2) is 50.1 Å². The quantitative estimate of drug-likeness (QED) is 0.315. The number of morpholine rings is 1. The molecule has 0 aliphatic carbocycles. The van der Waals surface area contributed by atoms with E-state index in [0.29, 0.717) is 73.5 Å². The molecule has 2 aromatic carbocycles. The molecular formula is C30H35BrN2O6. The van der Waals surface area contributed by atoms with Crippen LogP contribution >= 0.6 is 15.9 Å². The molecule has 39 heavy (non-hydrogen) atoms. The van der Waals surface area contributed by atoms with Crippen molar-refractivity contribution >= 4 is 32.8 Å². The summed E-state index contributed by atoms with van der Waals surface area (Å²) in [5.41, 5.74) is 1.34. The first-order valence-corrected chi connectivity index (χ1v) is 14.4. The first kappa shape index (κ1) is 27.7. The molecule has 0 N–H and O–H groups in total. The molecule has 1 saturated heterocycles. The summed E-state index contributed by atoms with van der Waals surface area (Å²) in [6, 6.07) is 10.4. The third-order valence-corrected chi connectivity index (χ3v) is 7.72. The lowest BCUT2D eigenvalue weighted by molar-refractivity contribution is 0.0314. The number of benzene rings is 2. The SMILES string of the molecule is CCOc1cc(C2c3c(oc4ccc(Br)cc4c3=O)C(=O)N2CCN2CCOCC2)ccc1OCCC(C)C. The van der Waals surface area contributed by atoms with Gasteiger partial charge in [-0.15, -0.1) is 0 Å². The van der Waals surface area contributed by atoms with Gasteiger partial charge in [-0.3, -0.25) is 14.5 Å². The Bertz CT molecular complexity index is 1400. The van der Waals surface area contributed by atoms with Crippen LogP contribution in [0.25, 0.3) is 11.0 Å². The van der Waals surface area contributed by atoms with Crippen molar-refractivity contribution in [1.29, 1.82) is 0 Å². The van der Waals surface area contributed by atoms with Crippen molar-refractivity contribution in [3.8, 4) is 11.5 Å². The van der Waals surface area contributed by atoms with Crippen LogP contribution < -0.4 is 14.9 Å². The fourth-order valence-electron chi connectivity index (χ4n) is 5.13. The summed E-state index contributed by atoms with van der Waals surface area (Å²) in [5, 5.41) is 0.439. The van der Waals surface area contributed by atoms with E-state index >= 15 is 0 Å². The second-order valence-corrected chi connectivity index (χ2v) is 11.3. The van der Waals surface area contributed by atoms with Gasteiger partial charge in [-0.05, 0) is 55.2 Å². The number of carbonyl (C=O) groups is 1. The van der Waals surface area contributed by atoms with E-state index < -0.39 is 6.04 Å². The molecule has 0 bridgehead atoms. The average Bonchev–Trinajstić information content (AvgIpc) is 3.20. The van der Waals surface area contributed by atoms with Crippen LogP contribution in [-0.2, 0) is 4.74 Å². The summed E-state index contributed by atoms with van der Waals surface area (Å²) in [6.07, 6.45) is 0.927. The van der Waals surface area contributed by atoms with Crippen LogP contribution in [0, 0.1) is 5.92 Å². The lowest BCUT2D eigenvalue weighted by Crippen LogP contribution is -2.42. The second kappa shape index (κ2) is 12.1. The Labute approximate surface area is 236 Å². The zero-order valence-corrected chi connectivity index (χ0v) is 24.3. The van der Waals surface area contributed by atoms with E-state index in [0.717, 1.165) is 29.5 Å². The molecule has 2 aliphatic heterocycles. The Morgan fingerprint density at radius 3 is 2.56 bits per heavy atom. The maximum atomic E-state index is 13.9. The van der Waals surface area contributed by atoms with Crippen molar-refractivity contribution in [2.24, 2.45) is 5.92 Å². The molecule has 1 aromatic heterocycles. The Hall–Kier alpha value is -2.88. The van der Waals surface area contributed by atoms with Gasteiger partial charge in [0.1, 0.15) is 5.58 Å². The molecule has 1 unspecified atom stereocenters. The lowest BCUT2D eigenvalue weighted by Gasteiger charge is -2.31. The average molecular weight is 600 g/mol. The standard InChI is InChI=1S/C30H35BrN2O6/c1-4-37-25-17-20(5-7-24(25)38-14-9-19(2)3)27-26-28(34)22-18-21(31)6-8-23(22)39-29(26)30(35)33(27)11-10-32-12-15-36-16-13-32/h5-8,17-19,27H,4,9-16H2,1-3H3. The van der Waals surface area contributed by atoms with E-state index in [2.05, 4.69) is 34.7 Å². The molecule has 5 rings (SSSR count). The van der Waals surface area contributed by atoms with Crippen LogP contribution in [0.3, 0.4) is 0 Å². The van der Waals surface area contributed by atoms with Crippen molar-refractivity contribution in [2.45, 2.75) is 33.2 Å². The zero-order chi connectivity index (χ0) is 27.5. The molecular weight excluding hydrogens is 564 g/mol. The molecule has 3 aromatic rings. The normalized spacial score (nSPS) is 17.7. The largest absolute Gasteiger partial charge is 0.490 e. The molecule has 9 heteroatoms. The lowest BCUT2D eigenvalue weighted by atomic mass is 9.98. The smallest absolute Gasteiger partial charge is 0.290 e. The van der Waals surface area contributed by atoms with Gasteiger partial charge < -0.3 is 23.5 Å². The monoisotopic (exact) mass is 598 g/mol. The molecule has 0 saturated carbocycles. The van der Waals surface area contributed by atoms with Gasteiger partial charge in [-0.25, -0.2) is 0 Å². The minimum absolute atomic E-state index is 0.108. The summed E-state index contributed by atoms with van der Waals surface area (Å²) in [7, 11) is 0. The van der Waals surface area contributed by atoms with Crippen molar-refractivity contribution in [3.05, 3.63) is 68.0 Å². The third-order valence-electron chi connectivity index (χ3n) is 7.22. The number of ether oxygens (including phenoxy) is 3. The number of carbonyl (C=O) groups excluding carboxylic acids is 1. The second-order valence-electron chi connectivity index (χ2n) is 10.3. The summed E-state index contributed by atoms with van der Waals surface area (Å²) in [6.45, 7) is 11.4. The van der Waals surface area contributed by atoms with Gasteiger partial charge in [-0.1, -0.05) is 35.8 Å². The molecule has 2 aliphatic rings. The minimum atomic E-state index is -0.600. The zero-order valence-electron chi connectivity index (χ0n) is 22.7. The molecule has 0 spiro atoms. The molecule has 0 radical (unpaired) electrons. The molecule has 3 heterocycles. The first-order chi connectivity index (χ1) is 18.9. The summed E-state index contributed by atoms with van der Waals surface area (Å²) in [4.78, 5) is 31.7. The predicted molar refractivity (Wildman–Crippen MR) is 153 cm³/mol. The number of hydrogen-bond donors (Lipinski definition) is 0. The van der Waals surface area contributed by atoms with Gasteiger partial charge >= 0.3 is 0 Å². The highest BCUT2D eigenvalue weighted by atomic mass is 79.9. The van der Waals surface area contributed by atoms with Gasteiger partial charge in [0.15, 0.2) is 16.9 Å². The number of halogens is 1. The Balaban J connectivity index is 1.56. The van der Waals surface area contributed by atoms with Gasteiger partial charge in [0.25, 0.3) is 5.91 Å². The van der Waals surface area contributed by atoms with E-state index in [1.54, 1.807) is 23.1 Å². The van der Waals surface area contributed by atoms with Gasteiger partial charge in [0, 0.05) is 30.7 Å². The van der Waals surface area contributed by atoms with Crippen molar-refractivity contribution in [1.82, 2.24) is 9.80 Å². The van der Waals surface area contributed by atoms with Gasteiger partial charge in [-0.2, -0.15) is 0 Å². The number of amides is 1. The molecule has 208 valence electrons. The van der Waals surface area contributed by atoms with E-state index in [1.807, 2.05) is 25.1 Å². The van der Waals surface area contributed by atoms with Crippen molar-refractivity contribution < 1.29 is 23.4 Å². The molecule has 1 fully saturated rings. The van der Waals surface area contributed by atoms with E-state index in [1.165, 1.54) is 0 Å². The van der Waals surface area contributed by atoms with Crippen molar-refractivity contribution in [3.63, 3.8) is 0 Å². The van der Waals surface area contributed by atoms with Crippen molar-refractivity contribution in [2.75, 3.05) is 52.6 Å². The Kier molecular flexibility index (Phi) is 8.59. The predicted octanol–water partition coefficient (Wildman–Crippen LogP) is 5.26. The van der Waals surface area contributed by atoms with E-state index in [4.69, 9.17) is 18.6 Å². The maximum Gasteiger partial charge on any atom is 0.290 e. The highest BCUT2D eigenvalue weighted by Gasteiger charge is 2.43. The van der Waals surface area contributed by atoms with Crippen LogP contribution in [-0.4, -0.2) is 68.3 Å². The summed E-state index contributed by atoms with van der Waals surface area (Å²) < 4.78 is 24.4. The van der Waals surface area contributed by atoms with Crippen LogP contribution in [0.2, 0.25) is 0 Å². The minimum Gasteiger partial charge on any atom is -0.490 e. The summed E-state index contributed by atoms with van der Waals surface area (Å²) in [5.74, 6) is 1.60. The van der Waals surface area contributed by atoms with Crippen LogP contribution in [0.4, 0.5) is 0 Å². The third kappa shape index (κ3) is 5.85. The number of nitrogens with zero attached hydrogens (tertiary/aromatic N) is 2. The van der Waals surface area contributed by atoms with Gasteiger partial charge in [0.2, 0.25) is 5.76 Å². The maximum absolute atomic E-state index is 13.9. The number of fused-ring (bicyclic) bond motifs is 2. The number of rotatable bonds is 10. The van der Waals surface area contributed by atoms with E-state index in [-0.39, 0.29) is 17.1 Å². The molecule has 8 nitrogen and oxygen atoms in total. The number of hydrogen-bond acceptors (Lipinski definition) is 7. The van der Waals surface area contributed by atoms with Crippen LogP contribution in [0.5, 0.6) is 11.5 Å². The van der Waals surface area contributed by atoms with Crippen LogP contribution in [0.1, 0.15) is 54.9 Å². The molecule has 1 amide bonds. The Morgan fingerprint density at radius 2 is 1.82 bits per heavy atom. The Morgan fingerprint density at radius 1 is 1.03 bits per heavy atom. The van der Waals surface area contributed by atoms with E-state index in [9.17, 15) is 9.59 Å². The highest BCUT2D eigenvalue weighted by molar-refractivity contribution is 9.10. The van der Waals surface area contributed by atoms with Gasteiger partial charge in [0.05, 0.1) is 43.4 Å². The fourth-order valence-corrected chi connectivity index (χ4v) is 5.49.